The van der Waals surface area contributed by atoms with Crippen LogP contribution in [-0.4, -0.2) is 0 Å². The molecular formula is C20H15Cl2Zr. The quantitative estimate of drug-likeness (QED) is 0.497. The van der Waals surface area contributed by atoms with Crippen LogP contribution in [0.4, 0.5) is 0 Å². The third-order valence-electron chi connectivity index (χ3n) is 3.98. The van der Waals surface area contributed by atoms with E-state index in [0.29, 0.717) is 0 Å². The minimum absolute atomic E-state index is 0. The monoisotopic (exact) mass is 415 g/mol. The van der Waals surface area contributed by atoms with Gasteiger partial charge in [-0.05, 0) is 6.42 Å². The molecule has 3 aromatic carbocycles. The van der Waals surface area contributed by atoms with Gasteiger partial charge in [0.25, 0.3) is 0 Å². The minimum Gasteiger partial charge on any atom is -1.00 e. The summed E-state index contributed by atoms with van der Waals surface area (Å²) in [5.41, 5.74) is 5.47. The molecule has 0 atom stereocenters. The first-order chi connectivity index (χ1) is 9.93. The molecule has 0 fully saturated rings. The summed E-state index contributed by atoms with van der Waals surface area (Å²) >= 11 is 0. The van der Waals surface area contributed by atoms with Crippen molar-refractivity contribution in [1.29, 1.82) is 0 Å². The summed E-state index contributed by atoms with van der Waals surface area (Å²) in [6.07, 6.45) is 7.67. The van der Waals surface area contributed by atoms with Crippen LogP contribution in [0.15, 0.2) is 78.9 Å². The molecule has 0 bridgehead atoms. The Morgan fingerprint density at radius 2 is 1.52 bits per heavy atom. The molecular weight excluding hydrogens is 402 g/mol. The molecule has 1 aliphatic carbocycles. The molecule has 1 aliphatic rings. The molecule has 4 rings (SSSR count). The van der Waals surface area contributed by atoms with E-state index in [1.165, 1.54) is 33.0 Å². The Morgan fingerprint density at radius 1 is 0.826 bits per heavy atom. The third-order valence-corrected chi connectivity index (χ3v) is 3.98. The number of halogens is 2. The fourth-order valence-electron chi connectivity index (χ4n) is 3.05. The molecule has 0 N–H and O–H groups in total. The number of benzene rings is 2. The molecule has 0 aliphatic heterocycles. The fraction of sp³-hybridized carbons (Fsp3) is 0.0500. The van der Waals surface area contributed by atoms with E-state index in [0.717, 1.165) is 6.42 Å². The van der Waals surface area contributed by atoms with Gasteiger partial charge in [-0.1, -0.05) is 77.9 Å². The number of fused-ring (bicyclic) bond motifs is 1. The van der Waals surface area contributed by atoms with Gasteiger partial charge in [-0.3, -0.25) is 0 Å². The van der Waals surface area contributed by atoms with Gasteiger partial charge in [-0.2, -0.15) is 0 Å². The number of allylic oxidation sites excluding steroid dienone is 4. The maximum Gasteiger partial charge on any atom is 3.00 e. The zero-order valence-electron chi connectivity index (χ0n) is 12.5. The molecule has 3 heteroatoms. The zero-order valence-corrected chi connectivity index (χ0v) is 16.4. The minimum atomic E-state index is 0. The van der Waals surface area contributed by atoms with Crippen molar-refractivity contribution in [2.24, 2.45) is 0 Å². The first-order valence-corrected chi connectivity index (χ1v) is 7.03. The number of rotatable bonds is 2. The Labute approximate surface area is 168 Å². The van der Waals surface area contributed by atoms with E-state index in [4.69, 9.17) is 0 Å². The van der Waals surface area contributed by atoms with Gasteiger partial charge < -0.3 is 24.8 Å². The van der Waals surface area contributed by atoms with E-state index in [2.05, 4.69) is 78.9 Å². The van der Waals surface area contributed by atoms with Crippen LogP contribution in [0.5, 0.6) is 0 Å². The normalized spacial score (nSPS) is 12.1. The van der Waals surface area contributed by atoms with E-state index in [1.807, 2.05) is 0 Å². The SMILES string of the molecule is C1=CCC(c2c(-c3ccccc3)[cH-]c3ccccc23)=C1.[Cl-].[Cl-].[Zr+3]. The van der Waals surface area contributed by atoms with Crippen LogP contribution < -0.4 is 24.8 Å². The molecule has 0 saturated heterocycles. The molecule has 0 amide bonds. The van der Waals surface area contributed by atoms with Gasteiger partial charge in [0, 0.05) is 0 Å². The Balaban J connectivity index is 0.000000882. The summed E-state index contributed by atoms with van der Waals surface area (Å²) in [5.74, 6) is 0. The number of hydrogen-bond acceptors (Lipinski definition) is 0. The summed E-state index contributed by atoms with van der Waals surface area (Å²) in [6.45, 7) is 0. The smallest absolute Gasteiger partial charge is 1.00 e. The Morgan fingerprint density at radius 3 is 2.22 bits per heavy atom. The summed E-state index contributed by atoms with van der Waals surface area (Å²) in [5, 5.41) is 2.69. The maximum absolute atomic E-state index is 2.32. The zero-order chi connectivity index (χ0) is 13.4. The summed E-state index contributed by atoms with van der Waals surface area (Å²) < 4.78 is 0. The van der Waals surface area contributed by atoms with E-state index >= 15 is 0 Å². The molecule has 0 saturated carbocycles. The second-order valence-electron chi connectivity index (χ2n) is 5.21. The average Bonchev–Trinajstić information content (AvgIpc) is 3.14. The Bertz CT molecular complexity index is 829. The van der Waals surface area contributed by atoms with Crippen LogP contribution in [0.1, 0.15) is 12.0 Å². The predicted molar refractivity (Wildman–Crippen MR) is 86.7 cm³/mol. The van der Waals surface area contributed by atoms with Crippen molar-refractivity contribution in [1.82, 2.24) is 0 Å². The van der Waals surface area contributed by atoms with Crippen molar-refractivity contribution in [2.45, 2.75) is 6.42 Å². The first-order valence-electron chi connectivity index (χ1n) is 7.03. The Kier molecular flexibility index (Phi) is 7.61. The van der Waals surface area contributed by atoms with Crippen LogP contribution in [0, 0.1) is 0 Å². The molecule has 23 heavy (non-hydrogen) atoms. The Hall–Kier alpha value is -1.01. The third kappa shape index (κ3) is 3.74. The van der Waals surface area contributed by atoms with E-state index in [-0.39, 0.29) is 51.0 Å². The van der Waals surface area contributed by atoms with Crippen LogP contribution in [-0.2, 0) is 26.2 Å². The van der Waals surface area contributed by atoms with Crippen LogP contribution in [0.25, 0.3) is 27.5 Å². The van der Waals surface area contributed by atoms with Crippen molar-refractivity contribution in [3.05, 3.63) is 84.5 Å². The molecule has 3 aromatic rings. The molecule has 0 spiro atoms. The van der Waals surface area contributed by atoms with Crippen LogP contribution in [0.2, 0.25) is 0 Å². The van der Waals surface area contributed by atoms with Gasteiger partial charge in [0.1, 0.15) is 0 Å². The summed E-state index contributed by atoms with van der Waals surface area (Å²) in [6, 6.07) is 21.7. The van der Waals surface area contributed by atoms with Gasteiger partial charge in [0.2, 0.25) is 0 Å². The number of hydrogen-bond donors (Lipinski definition) is 0. The maximum atomic E-state index is 2.32. The van der Waals surface area contributed by atoms with Crippen molar-refractivity contribution in [3.63, 3.8) is 0 Å². The van der Waals surface area contributed by atoms with E-state index in [1.54, 1.807) is 0 Å². The van der Waals surface area contributed by atoms with E-state index in [9.17, 15) is 0 Å². The van der Waals surface area contributed by atoms with Crippen molar-refractivity contribution in [2.75, 3.05) is 0 Å². The molecule has 0 heterocycles. The molecule has 0 unspecified atom stereocenters. The standard InChI is InChI=1S/C20H15.2ClH.Zr/c1-2-8-15(9-3-1)19-14-17-12-6-7-13-18(17)20(19)16-10-4-5-11-16;;;/h1-10,12-14H,11H2;2*1H;/q-1;;;+3/p-2. The second kappa shape index (κ2) is 8.74. The predicted octanol–water partition coefficient (Wildman–Crippen LogP) is -0.425. The van der Waals surface area contributed by atoms with Crippen molar-refractivity contribution < 1.29 is 51.0 Å². The van der Waals surface area contributed by atoms with Crippen LogP contribution >= 0.6 is 0 Å². The van der Waals surface area contributed by atoms with E-state index < -0.39 is 0 Å². The van der Waals surface area contributed by atoms with Crippen LogP contribution in [0.3, 0.4) is 0 Å². The largest absolute Gasteiger partial charge is 3.00 e. The van der Waals surface area contributed by atoms with Gasteiger partial charge in [-0.25, -0.2) is 0 Å². The second-order valence-corrected chi connectivity index (χ2v) is 5.21. The summed E-state index contributed by atoms with van der Waals surface area (Å²) in [7, 11) is 0. The van der Waals surface area contributed by atoms with Gasteiger partial charge in [0.05, 0.1) is 0 Å². The molecule has 0 aromatic heterocycles. The first kappa shape index (κ1) is 20.0. The molecule has 1 radical (unpaired) electrons. The summed E-state index contributed by atoms with van der Waals surface area (Å²) in [4.78, 5) is 0. The average molecular weight is 417 g/mol. The van der Waals surface area contributed by atoms with Gasteiger partial charge in [-0.15, -0.1) is 34.0 Å². The topological polar surface area (TPSA) is 0 Å². The molecule has 113 valence electrons. The van der Waals surface area contributed by atoms with Gasteiger partial charge in [0.15, 0.2) is 0 Å². The van der Waals surface area contributed by atoms with Crippen molar-refractivity contribution in [3.8, 4) is 11.1 Å². The van der Waals surface area contributed by atoms with Crippen molar-refractivity contribution >= 4 is 16.3 Å². The fourth-order valence-corrected chi connectivity index (χ4v) is 3.05. The molecule has 0 nitrogen and oxygen atoms in total. The van der Waals surface area contributed by atoms with Gasteiger partial charge >= 0.3 is 26.2 Å².